The van der Waals surface area contributed by atoms with Crippen molar-refractivity contribution in [2.24, 2.45) is 0 Å². The number of carboxylic acids is 1. The maximum atomic E-state index is 11.8. The average Bonchev–Trinajstić information content (AvgIpc) is 2.38. The molecule has 2 rings (SSSR count). The monoisotopic (exact) mass is 281 g/mol. The molecule has 5 nitrogen and oxygen atoms in total. The summed E-state index contributed by atoms with van der Waals surface area (Å²) in [6, 6.07) is 8.90. The van der Waals surface area contributed by atoms with Crippen molar-refractivity contribution in [3.63, 3.8) is 0 Å². The van der Waals surface area contributed by atoms with E-state index in [9.17, 15) is 13.2 Å². The van der Waals surface area contributed by atoms with Crippen LogP contribution in [-0.4, -0.2) is 36.6 Å². The number of carboxylic acid groups (broad SMARTS) is 1. The van der Waals surface area contributed by atoms with E-state index >= 15 is 0 Å². The minimum atomic E-state index is -3.46. The van der Waals surface area contributed by atoms with Crippen molar-refractivity contribution in [2.45, 2.75) is 12.5 Å². The fourth-order valence-electron chi connectivity index (χ4n) is 2.19. The summed E-state index contributed by atoms with van der Waals surface area (Å²) in [5, 5.41) is 8.99. The Morgan fingerprint density at radius 1 is 1.32 bits per heavy atom. The molecule has 0 saturated carbocycles. The van der Waals surface area contributed by atoms with Gasteiger partial charge in [0.2, 0.25) is 10.0 Å². The highest BCUT2D eigenvalue weighted by Crippen LogP contribution is 2.31. The van der Waals surface area contributed by atoms with Gasteiger partial charge in [0.25, 0.3) is 0 Å². The molecule has 0 amide bonds. The largest absolute Gasteiger partial charge is 0.478 e. The van der Waals surface area contributed by atoms with E-state index in [0.717, 1.165) is 11.8 Å². The van der Waals surface area contributed by atoms with Gasteiger partial charge in [0.1, 0.15) is 0 Å². The van der Waals surface area contributed by atoms with E-state index in [0.29, 0.717) is 6.42 Å². The number of hydrogen-bond acceptors (Lipinski definition) is 3. The molecule has 0 aromatic heterocycles. The number of sulfonamides is 1. The van der Waals surface area contributed by atoms with Gasteiger partial charge in [-0.25, -0.2) is 13.2 Å². The highest BCUT2D eigenvalue weighted by Gasteiger charge is 2.32. The molecule has 1 aromatic carbocycles. The Bertz CT molecular complexity index is 607. The highest BCUT2D eigenvalue weighted by molar-refractivity contribution is 7.88. The number of hydrogen-bond donors (Lipinski definition) is 1. The molecule has 1 aliphatic heterocycles. The van der Waals surface area contributed by atoms with Crippen molar-refractivity contribution in [3.8, 4) is 0 Å². The van der Waals surface area contributed by atoms with E-state index < -0.39 is 16.0 Å². The van der Waals surface area contributed by atoms with Crippen LogP contribution in [0.15, 0.2) is 42.0 Å². The summed E-state index contributed by atoms with van der Waals surface area (Å²) in [7, 11) is -3.46. The molecule has 0 aliphatic carbocycles. The summed E-state index contributed by atoms with van der Waals surface area (Å²) in [4.78, 5) is 11.0. The van der Waals surface area contributed by atoms with E-state index in [1.807, 2.05) is 30.3 Å². The topological polar surface area (TPSA) is 74.7 Å². The van der Waals surface area contributed by atoms with Gasteiger partial charge in [-0.1, -0.05) is 36.4 Å². The fourth-order valence-corrected chi connectivity index (χ4v) is 3.24. The number of nitrogens with zero attached hydrogens (tertiary/aromatic N) is 1. The third-order valence-electron chi connectivity index (χ3n) is 3.15. The predicted octanol–water partition coefficient (Wildman–Crippen LogP) is 1.40. The zero-order chi connectivity index (χ0) is 14.0. The summed E-state index contributed by atoms with van der Waals surface area (Å²) in [5.74, 6) is -1.07. The Balaban J connectivity index is 2.40. The van der Waals surface area contributed by atoms with Crippen LogP contribution in [0.1, 0.15) is 18.0 Å². The first-order valence-corrected chi connectivity index (χ1v) is 7.68. The van der Waals surface area contributed by atoms with E-state index in [4.69, 9.17) is 5.11 Å². The third-order valence-corrected chi connectivity index (χ3v) is 4.38. The second kappa shape index (κ2) is 5.14. The first kappa shape index (κ1) is 13.8. The van der Waals surface area contributed by atoms with E-state index in [2.05, 4.69) is 0 Å². The lowest BCUT2D eigenvalue weighted by Gasteiger charge is -2.32. The number of carbonyl (C=O) groups is 1. The molecule has 0 radical (unpaired) electrons. The standard InChI is InChI=1S/C13H15NO4S/c1-19(17,18)14-9-11(13(15)16)7-8-12(14)10-5-3-2-4-6-10/h2-7,12H,8-9H2,1H3,(H,15,16). The molecule has 1 unspecified atom stereocenters. The SMILES string of the molecule is CS(=O)(=O)N1CC(C(=O)O)=CCC1c1ccccc1. The van der Waals surface area contributed by atoms with E-state index in [1.54, 1.807) is 6.08 Å². The van der Waals surface area contributed by atoms with Crippen molar-refractivity contribution >= 4 is 16.0 Å². The predicted molar refractivity (Wildman–Crippen MR) is 71.1 cm³/mol. The van der Waals surface area contributed by atoms with E-state index in [1.165, 1.54) is 4.31 Å². The molecule has 1 N–H and O–H groups in total. The lowest BCUT2D eigenvalue weighted by molar-refractivity contribution is -0.133. The smallest absolute Gasteiger partial charge is 0.332 e. The second-order valence-electron chi connectivity index (χ2n) is 4.50. The summed E-state index contributed by atoms with van der Waals surface area (Å²) in [6.45, 7) is -0.0896. The molecule has 19 heavy (non-hydrogen) atoms. The molecule has 0 spiro atoms. The second-order valence-corrected chi connectivity index (χ2v) is 6.44. The van der Waals surface area contributed by atoms with Crippen molar-refractivity contribution in [3.05, 3.63) is 47.5 Å². The number of aliphatic carboxylic acids is 1. The molecule has 1 aromatic rings. The molecule has 1 heterocycles. The normalized spacial score (nSPS) is 20.9. The number of benzene rings is 1. The van der Waals surface area contributed by atoms with Gasteiger partial charge in [-0.05, 0) is 12.0 Å². The molecule has 0 fully saturated rings. The Labute approximate surface area is 112 Å². The van der Waals surface area contributed by atoms with Crippen LogP contribution in [0.5, 0.6) is 0 Å². The summed E-state index contributed by atoms with van der Waals surface area (Å²) in [5.41, 5.74) is 0.992. The molecule has 1 aliphatic rings. The first-order chi connectivity index (χ1) is 8.89. The molecule has 0 saturated heterocycles. The first-order valence-electron chi connectivity index (χ1n) is 5.83. The van der Waals surface area contributed by atoms with Crippen LogP contribution in [0.4, 0.5) is 0 Å². The van der Waals surface area contributed by atoms with Gasteiger partial charge >= 0.3 is 5.97 Å². The Morgan fingerprint density at radius 3 is 2.47 bits per heavy atom. The van der Waals surface area contributed by atoms with Crippen LogP contribution in [0.25, 0.3) is 0 Å². The zero-order valence-electron chi connectivity index (χ0n) is 10.5. The van der Waals surface area contributed by atoms with Gasteiger partial charge in [0.15, 0.2) is 0 Å². The maximum Gasteiger partial charge on any atom is 0.332 e. The van der Waals surface area contributed by atoms with Crippen molar-refractivity contribution in [1.29, 1.82) is 0 Å². The van der Waals surface area contributed by atoms with Gasteiger partial charge < -0.3 is 5.11 Å². The average molecular weight is 281 g/mol. The van der Waals surface area contributed by atoms with Crippen LogP contribution in [0, 0.1) is 0 Å². The minimum Gasteiger partial charge on any atom is -0.478 e. The van der Waals surface area contributed by atoms with Gasteiger partial charge in [-0.3, -0.25) is 0 Å². The van der Waals surface area contributed by atoms with Gasteiger partial charge in [-0.2, -0.15) is 4.31 Å². The van der Waals surface area contributed by atoms with Crippen LogP contribution < -0.4 is 0 Å². The molecular formula is C13H15NO4S. The van der Waals surface area contributed by atoms with Crippen molar-refractivity contribution in [2.75, 3.05) is 12.8 Å². The lowest BCUT2D eigenvalue weighted by atomic mass is 9.98. The maximum absolute atomic E-state index is 11.8. The number of rotatable bonds is 3. The molecule has 1 atom stereocenters. The Hall–Kier alpha value is -1.66. The van der Waals surface area contributed by atoms with Crippen molar-refractivity contribution < 1.29 is 18.3 Å². The van der Waals surface area contributed by atoms with Crippen LogP contribution in [-0.2, 0) is 14.8 Å². The zero-order valence-corrected chi connectivity index (χ0v) is 11.3. The van der Waals surface area contributed by atoms with Crippen molar-refractivity contribution in [1.82, 2.24) is 4.31 Å². The molecule has 0 bridgehead atoms. The van der Waals surface area contributed by atoms with Gasteiger partial charge in [0.05, 0.1) is 12.3 Å². The van der Waals surface area contributed by atoms with Crippen LogP contribution in [0.3, 0.4) is 0 Å². The molecule has 102 valence electrons. The van der Waals surface area contributed by atoms with Crippen LogP contribution in [0.2, 0.25) is 0 Å². The van der Waals surface area contributed by atoms with E-state index in [-0.39, 0.29) is 18.2 Å². The quantitative estimate of drug-likeness (QED) is 0.909. The Morgan fingerprint density at radius 2 is 1.95 bits per heavy atom. The summed E-state index contributed by atoms with van der Waals surface area (Å²) < 4.78 is 24.9. The molecular weight excluding hydrogens is 266 g/mol. The van der Waals surface area contributed by atoms with Gasteiger partial charge in [0, 0.05) is 12.1 Å². The minimum absolute atomic E-state index is 0.0896. The Kier molecular flexibility index (Phi) is 3.73. The van der Waals surface area contributed by atoms with Gasteiger partial charge in [-0.15, -0.1) is 0 Å². The van der Waals surface area contributed by atoms with Crippen LogP contribution >= 0.6 is 0 Å². The summed E-state index contributed by atoms with van der Waals surface area (Å²) >= 11 is 0. The summed E-state index contributed by atoms with van der Waals surface area (Å²) in [6.07, 6.45) is 3.08. The fraction of sp³-hybridized carbons (Fsp3) is 0.308. The lowest BCUT2D eigenvalue weighted by Crippen LogP contribution is -2.39. The third kappa shape index (κ3) is 3.02. The molecule has 6 heteroatoms. The highest BCUT2D eigenvalue weighted by atomic mass is 32.2.